The molecular formula is C13H11ClN2O3. The van der Waals surface area contributed by atoms with Gasteiger partial charge in [0.25, 0.3) is 0 Å². The third kappa shape index (κ3) is 3.59. The van der Waals surface area contributed by atoms with Gasteiger partial charge in [0.05, 0.1) is 6.20 Å². The highest BCUT2D eigenvalue weighted by Gasteiger charge is 2.05. The minimum absolute atomic E-state index is 0.0570. The van der Waals surface area contributed by atoms with E-state index in [0.29, 0.717) is 16.6 Å². The van der Waals surface area contributed by atoms with E-state index < -0.39 is 0 Å². The Kier molecular flexibility index (Phi) is 3.87. The van der Waals surface area contributed by atoms with Crippen LogP contribution < -0.4 is 10.1 Å². The molecule has 2 N–H and O–H groups in total. The second-order valence-corrected chi connectivity index (χ2v) is 4.21. The van der Waals surface area contributed by atoms with Gasteiger partial charge < -0.3 is 15.2 Å². The number of aromatic hydroxyl groups is 1. The summed E-state index contributed by atoms with van der Waals surface area (Å²) in [7, 11) is 0. The zero-order valence-electron chi connectivity index (χ0n) is 10.1. The average Bonchev–Trinajstić information content (AvgIpc) is 2.34. The molecular weight excluding hydrogens is 268 g/mol. The summed E-state index contributed by atoms with van der Waals surface area (Å²) in [5, 5.41) is 12.6. The van der Waals surface area contributed by atoms with Crippen LogP contribution in [0.2, 0.25) is 5.02 Å². The maximum Gasteiger partial charge on any atom is 0.222 e. The van der Waals surface area contributed by atoms with Crippen LogP contribution in [0, 0.1) is 0 Å². The van der Waals surface area contributed by atoms with Crippen molar-refractivity contribution in [3.8, 4) is 17.2 Å². The van der Waals surface area contributed by atoms with E-state index in [4.69, 9.17) is 16.3 Å². The first-order valence-corrected chi connectivity index (χ1v) is 5.82. The van der Waals surface area contributed by atoms with Crippen molar-refractivity contribution in [1.29, 1.82) is 0 Å². The number of anilines is 1. The predicted molar refractivity (Wildman–Crippen MR) is 71.7 cm³/mol. The van der Waals surface area contributed by atoms with Crippen LogP contribution in [0.3, 0.4) is 0 Å². The number of ether oxygens (including phenoxy) is 1. The van der Waals surface area contributed by atoms with Crippen LogP contribution in [0.25, 0.3) is 0 Å². The molecule has 6 heteroatoms. The highest BCUT2D eigenvalue weighted by Crippen LogP contribution is 2.32. The highest BCUT2D eigenvalue weighted by atomic mass is 35.5. The molecule has 98 valence electrons. The molecule has 1 aromatic heterocycles. The fourth-order valence-electron chi connectivity index (χ4n) is 1.40. The standard InChI is InChI=1S/C13H11ClN2O3/c1-8(17)16-13-5-3-10(7-15-13)19-12-4-2-9(14)6-11(12)18/h2-7,18H,1H3,(H,15,16,17). The number of hydrogen-bond acceptors (Lipinski definition) is 4. The Morgan fingerprint density at radius 2 is 2.16 bits per heavy atom. The van der Waals surface area contributed by atoms with Crippen LogP contribution in [0.15, 0.2) is 36.5 Å². The first-order valence-electron chi connectivity index (χ1n) is 5.44. The van der Waals surface area contributed by atoms with Crippen LogP contribution in [0.5, 0.6) is 17.2 Å². The average molecular weight is 279 g/mol. The number of hydrogen-bond donors (Lipinski definition) is 2. The van der Waals surface area contributed by atoms with Gasteiger partial charge in [0.2, 0.25) is 5.91 Å². The van der Waals surface area contributed by atoms with Crippen LogP contribution >= 0.6 is 11.6 Å². The summed E-state index contributed by atoms with van der Waals surface area (Å²) in [5.41, 5.74) is 0. The number of rotatable bonds is 3. The largest absolute Gasteiger partial charge is 0.504 e. The molecule has 5 nitrogen and oxygen atoms in total. The lowest BCUT2D eigenvalue weighted by atomic mass is 10.3. The smallest absolute Gasteiger partial charge is 0.222 e. The molecule has 0 radical (unpaired) electrons. The van der Waals surface area contributed by atoms with Crippen molar-refractivity contribution >= 4 is 23.3 Å². The molecule has 1 amide bonds. The normalized spacial score (nSPS) is 10.0. The number of nitrogens with one attached hydrogen (secondary N) is 1. The van der Waals surface area contributed by atoms with Crippen LogP contribution in [-0.2, 0) is 4.79 Å². The van der Waals surface area contributed by atoms with Gasteiger partial charge in [0, 0.05) is 18.0 Å². The molecule has 1 heterocycles. The van der Waals surface area contributed by atoms with Gasteiger partial charge in [-0.3, -0.25) is 4.79 Å². The highest BCUT2D eigenvalue weighted by molar-refractivity contribution is 6.30. The van der Waals surface area contributed by atoms with Crippen molar-refractivity contribution in [2.24, 2.45) is 0 Å². The number of nitrogens with zero attached hydrogens (tertiary/aromatic N) is 1. The number of amides is 1. The summed E-state index contributed by atoms with van der Waals surface area (Å²) in [6.07, 6.45) is 1.44. The van der Waals surface area contributed by atoms with Crippen molar-refractivity contribution in [3.05, 3.63) is 41.6 Å². The fraction of sp³-hybridized carbons (Fsp3) is 0.0769. The number of phenolic OH excluding ortho intramolecular Hbond substituents is 1. The molecule has 0 aliphatic rings. The second kappa shape index (κ2) is 5.58. The lowest BCUT2D eigenvalue weighted by Gasteiger charge is -2.08. The minimum atomic E-state index is -0.198. The van der Waals surface area contributed by atoms with Crippen molar-refractivity contribution in [2.45, 2.75) is 6.92 Å². The summed E-state index contributed by atoms with van der Waals surface area (Å²) in [6, 6.07) is 7.78. The summed E-state index contributed by atoms with van der Waals surface area (Å²) in [5.74, 6) is 0.889. The van der Waals surface area contributed by atoms with E-state index in [9.17, 15) is 9.90 Å². The molecule has 0 aliphatic carbocycles. The van der Waals surface area contributed by atoms with E-state index in [1.807, 2.05) is 0 Å². The minimum Gasteiger partial charge on any atom is -0.504 e. The SMILES string of the molecule is CC(=O)Nc1ccc(Oc2ccc(Cl)cc2O)cn1. The Hall–Kier alpha value is -2.27. The van der Waals surface area contributed by atoms with Gasteiger partial charge in [-0.1, -0.05) is 11.6 Å². The summed E-state index contributed by atoms with van der Waals surface area (Å²) in [4.78, 5) is 14.8. The van der Waals surface area contributed by atoms with Gasteiger partial charge in [-0.25, -0.2) is 4.98 Å². The Balaban J connectivity index is 2.13. The number of aromatic nitrogens is 1. The van der Waals surface area contributed by atoms with E-state index in [0.717, 1.165) is 0 Å². The second-order valence-electron chi connectivity index (χ2n) is 3.77. The number of halogens is 1. The van der Waals surface area contributed by atoms with Crippen molar-refractivity contribution in [1.82, 2.24) is 4.98 Å². The Labute approximate surface area is 114 Å². The topological polar surface area (TPSA) is 71.5 Å². The molecule has 0 atom stereocenters. The van der Waals surface area contributed by atoms with E-state index in [2.05, 4.69) is 10.3 Å². The van der Waals surface area contributed by atoms with E-state index in [1.165, 1.54) is 19.2 Å². The Morgan fingerprint density at radius 3 is 2.74 bits per heavy atom. The number of carbonyl (C=O) groups is 1. The molecule has 2 rings (SSSR count). The monoisotopic (exact) mass is 278 g/mol. The number of pyridine rings is 1. The number of phenols is 1. The van der Waals surface area contributed by atoms with Gasteiger partial charge in [-0.15, -0.1) is 0 Å². The van der Waals surface area contributed by atoms with E-state index in [-0.39, 0.29) is 17.4 Å². The van der Waals surface area contributed by atoms with Gasteiger partial charge in [-0.05, 0) is 24.3 Å². The van der Waals surface area contributed by atoms with Crippen molar-refractivity contribution < 1.29 is 14.6 Å². The molecule has 0 fully saturated rings. The summed E-state index contributed by atoms with van der Waals surface area (Å²) >= 11 is 5.72. The fourth-order valence-corrected chi connectivity index (χ4v) is 1.57. The first kappa shape index (κ1) is 13.2. The number of carbonyl (C=O) groups excluding carboxylic acids is 1. The zero-order chi connectivity index (χ0) is 13.8. The zero-order valence-corrected chi connectivity index (χ0v) is 10.8. The summed E-state index contributed by atoms with van der Waals surface area (Å²) in [6.45, 7) is 1.40. The van der Waals surface area contributed by atoms with Crippen molar-refractivity contribution in [3.63, 3.8) is 0 Å². The molecule has 1 aromatic carbocycles. The third-order valence-electron chi connectivity index (χ3n) is 2.19. The third-order valence-corrected chi connectivity index (χ3v) is 2.42. The molecule has 0 saturated heterocycles. The molecule has 2 aromatic rings. The Bertz CT molecular complexity index is 599. The molecule has 19 heavy (non-hydrogen) atoms. The molecule has 0 aliphatic heterocycles. The molecule has 0 unspecified atom stereocenters. The maximum atomic E-state index is 10.8. The van der Waals surface area contributed by atoms with Crippen LogP contribution in [0.1, 0.15) is 6.92 Å². The van der Waals surface area contributed by atoms with Gasteiger partial charge in [0.1, 0.15) is 11.6 Å². The van der Waals surface area contributed by atoms with Crippen molar-refractivity contribution in [2.75, 3.05) is 5.32 Å². The molecule has 0 spiro atoms. The van der Waals surface area contributed by atoms with Gasteiger partial charge >= 0.3 is 0 Å². The predicted octanol–water partition coefficient (Wildman–Crippen LogP) is 3.19. The first-order chi connectivity index (χ1) is 9.04. The maximum absolute atomic E-state index is 10.8. The lowest BCUT2D eigenvalue weighted by Crippen LogP contribution is -2.06. The summed E-state index contributed by atoms with van der Waals surface area (Å²) < 4.78 is 5.44. The van der Waals surface area contributed by atoms with Crippen LogP contribution in [-0.4, -0.2) is 16.0 Å². The quantitative estimate of drug-likeness (QED) is 0.904. The van der Waals surface area contributed by atoms with Gasteiger partial charge in [0.15, 0.2) is 11.5 Å². The van der Waals surface area contributed by atoms with E-state index >= 15 is 0 Å². The van der Waals surface area contributed by atoms with E-state index in [1.54, 1.807) is 24.3 Å². The molecule has 0 saturated carbocycles. The number of benzene rings is 1. The Morgan fingerprint density at radius 1 is 1.37 bits per heavy atom. The van der Waals surface area contributed by atoms with Crippen LogP contribution in [0.4, 0.5) is 5.82 Å². The lowest BCUT2D eigenvalue weighted by molar-refractivity contribution is -0.114. The van der Waals surface area contributed by atoms with Gasteiger partial charge in [-0.2, -0.15) is 0 Å². The molecule has 0 bridgehead atoms.